The third kappa shape index (κ3) is 4.75. The largest absolute Gasteiger partial charge is 0.344 e. The van der Waals surface area contributed by atoms with E-state index in [0.29, 0.717) is 6.42 Å². The molecule has 3 aromatic rings. The molecule has 1 saturated heterocycles. The molecule has 0 bridgehead atoms. The first kappa shape index (κ1) is 21.8. The molecule has 1 N–H and O–H groups in total. The fourth-order valence-electron chi connectivity index (χ4n) is 4.26. The number of nitrogens with zero attached hydrogens (tertiary/aromatic N) is 2. The molecular formula is C23H27N3O3S2. The van der Waals surface area contributed by atoms with Gasteiger partial charge in [0.25, 0.3) is 0 Å². The number of anilines is 1. The zero-order valence-electron chi connectivity index (χ0n) is 18.0. The molecule has 1 atom stereocenters. The number of amides is 1. The Bertz CT molecular complexity index is 1210. The summed E-state index contributed by atoms with van der Waals surface area (Å²) in [6, 6.07) is 9.92. The fourth-order valence-corrected chi connectivity index (χ4v) is 6.75. The van der Waals surface area contributed by atoms with E-state index in [4.69, 9.17) is 0 Å². The summed E-state index contributed by atoms with van der Waals surface area (Å²) in [6.45, 7) is 6.12. The van der Waals surface area contributed by atoms with Gasteiger partial charge in [0, 0.05) is 34.1 Å². The number of benzene rings is 1. The lowest BCUT2D eigenvalue weighted by atomic mass is 10.1. The van der Waals surface area contributed by atoms with E-state index in [-0.39, 0.29) is 29.9 Å². The molecule has 2 aromatic heterocycles. The minimum Gasteiger partial charge on any atom is -0.344 e. The van der Waals surface area contributed by atoms with Gasteiger partial charge in [-0.1, -0.05) is 19.1 Å². The molecule has 1 aliphatic heterocycles. The summed E-state index contributed by atoms with van der Waals surface area (Å²) >= 11 is 1.47. The summed E-state index contributed by atoms with van der Waals surface area (Å²) in [6.07, 6.45) is 1.84. The lowest BCUT2D eigenvalue weighted by Gasteiger charge is -2.16. The Hall–Kier alpha value is -2.45. The minimum absolute atomic E-state index is 0.0123. The first-order chi connectivity index (χ1) is 14.8. The van der Waals surface area contributed by atoms with Gasteiger partial charge < -0.3 is 9.88 Å². The number of carbonyl (C=O) groups excluding carboxylic acids is 1. The van der Waals surface area contributed by atoms with Crippen molar-refractivity contribution in [1.82, 2.24) is 9.55 Å². The van der Waals surface area contributed by atoms with Gasteiger partial charge in [-0.3, -0.25) is 4.79 Å². The van der Waals surface area contributed by atoms with Crippen molar-refractivity contribution in [2.45, 2.75) is 46.1 Å². The molecule has 31 heavy (non-hydrogen) atoms. The van der Waals surface area contributed by atoms with Crippen molar-refractivity contribution >= 4 is 32.8 Å². The van der Waals surface area contributed by atoms with Gasteiger partial charge >= 0.3 is 0 Å². The lowest BCUT2D eigenvalue weighted by Crippen LogP contribution is -2.14. The average Bonchev–Trinajstić information content (AvgIpc) is 3.39. The first-order valence-electron chi connectivity index (χ1n) is 10.5. The van der Waals surface area contributed by atoms with Gasteiger partial charge in [0.15, 0.2) is 9.84 Å². The second-order valence-corrected chi connectivity index (χ2v) is 11.3. The summed E-state index contributed by atoms with van der Waals surface area (Å²) in [4.78, 5) is 17.1. The molecular weight excluding hydrogens is 430 g/mol. The van der Waals surface area contributed by atoms with Crippen LogP contribution in [0, 0.1) is 13.8 Å². The lowest BCUT2D eigenvalue weighted by molar-refractivity contribution is -0.115. The summed E-state index contributed by atoms with van der Waals surface area (Å²) in [5.41, 5.74) is 5.92. The highest BCUT2D eigenvalue weighted by atomic mass is 32.2. The van der Waals surface area contributed by atoms with E-state index in [2.05, 4.69) is 27.9 Å². The van der Waals surface area contributed by atoms with E-state index in [1.54, 1.807) is 0 Å². The topological polar surface area (TPSA) is 81.1 Å². The normalized spacial score (nSPS) is 17.7. The number of sulfone groups is 1. The Morgan fingerprint density at radius 3 is 2.65 bits per heavy atom. The van der Waals surface area contributed by atoms with Gasteiger partial charge in [0.05, 0.1) is 23.6 Å². The van der Waals surface area contributed by atoms with Crippen molar-refractivity contribution in [3.8, 4) is 11.3 Å². The van der Waals surface area contributed by atoms with Crippen LogP contribution in [0.4, 0.5) is 5.69 Å². The van der Waals surface area contributed by atoms with Crippen LogP contribution in [0.15, 0.2) is 35.7 Å². The van der Waals surface area contributed by atoms with Gasteiger partial charge in [0.2, 0.25) is 5.91 Å². The van der Waals surface area contributed by atoms with Crippen molar-refractivity contribution in [2.75, 3.05) is 16.8 Å². The predicted octanol–water partition coefficient (Wildman–Crippen LogP) is 4.33. The van der Waals surface area contributed by atoms with E-state index in [1.165, 1.54) is 16.9 Å². The van der Waals surface area contributed by atoms with Crippen molar-refractivity contribution in [3.05, 3.63) is 57.7 Å². The molecule has 1 aliphatic rings. The Labute approximate surface area is 187 Å². The maximum atomic E-state index is 12.4. The monoisotopic (exact) mass is 457 g/mol. The van der Waals surface area contributed by atoms with Crippen molar-refractivity contribution < 1.29 is 13.2 Å². The number of aromatic nitrogens is 2. The molecule has 4 rings (SSSR count). The van der Waals surface area contributed by atoms with Crippen molar-refractivity contribution in [3.63, 3.8) is 0 Å². The second-order valence-electron chi connectivity index (χ2n) is 8.11. The van der Waals surface area contributed by atoms with Crippen LogP contribution in [0.3, 0.4) is 0 Å². The van der Waals surface area contributed by atoms with E-state index in [9.17, 15) is 13.2 Å². The SMILES string of the molecule is CCc1ccc(NC(=O)Cc2nc(-c3cc(C)n([C@H]4CCS(=O)(=O)C4)c3C)cs2)cc1. The molecule has 1 amide bonds. The number of nitrogens with one attached hydrogen (secondary N) is 1. The van der Waals surface area contributed by atoms with Crippen LogP contribution < -0.4 is 5.32 Å². The second kappa shape index (κ2) is 8.59. The first-order valence-corrected chi connectivity index (χ1v) is 13.2. The highest BCUT2D eigenvalue weighted by Crippen LogP contribution is 2.34. The van der Waals surface area contributed by atoms with E-state index >= 15 is 0 Å². The van der Waals surface area contributed by atoms with Crippen LogP contribution in [-0.4, -0.2) is 35.4 Å². The summed E-state index contributed by atoms with van der Waals surface area (Å²) in [5.74, 6) is 0.359. The number of rotatable bonds is 6. The summed E-state index contributed by atoms with van der Waals surface area (Å²) in [7, 11) is -2.95. The van der Waals surface area contributed by atoms with Crippen molar-refractivity contribution in [1.29, 1.82) is 0 Å². The van der Waals surface area contributed by atoms with Gasteiger partial charge in [-0.15, -0.1) is 11.3 Å². The molecule has 1 aromatic carbocycles. The fraction of sp³-hybridized carbons (Fsp3) is 0.391. The Morgan fingerprint density at radius 2 is 2.00 bits per heavy atom. The molecule has 6 nitrogen and oxygen atoms in total. The Balaban J connectivity index is 1.47. The smallest absolute Gasteiger partial charge is 0.231 e. The van der Waals surface area contributed by atoms with Crippen LogP contribution >= 0.6 is 11.3 Å². The van der Waals surface area contributed by atoms with E-state index in [0.717, 1.165) is 39.8 Å². The highest BCUT2D eigenvalue weighted by Gasteiger charge is 2.31. The van der Waals surface area contributed by atoms with Crippen LogP contribution in [0.1, 0.15) is 41.3 Å². The Kier molecular flexibility index (Phi) is 6.03. The zero-order valence-corrected chi connectivity index (χ0v) is 19.6. The standard InChI is InChI=1S/C23H27N3O3S2/c1-4-17-5-7-18(8-6-17)24-22(27)12-23-25-21(13-30-23)20-11-15(2)26(16(20)3)19-9-10-31(28,29)14-19/h5-8,11,13,19H,4,9-10,12,14H2,1-3H3,(H,24,27)/t19-/m0/s1. The third-order valence-corrected chi connectivity index (χ3v) is 8.44. The third-order valence-electron chi connectivity index (χ3n) is 5.84. The quantitative estimate of drug-likeness (QED) is 0.597. The van der Waals surface area contributed by atoms with Gasteiger partial charge in [-0.05, 0) is 50.5 Å². The van der Waals surface area contributed by atoms with E-state index in [1.807, 2.05) is 43.5 Å². The number of hydrogen-bond acceptors (Lipinski definition) is 5. The molecule has 0 aliphatic carbocycles. The maximum Gasteiger partial charge on any atom is 0.231 e. The molecule has 0 spiro atoms. The number of thiazole rings is 1. The van der Waals surface area contributed by atoms with Crippen LogP contribution in [-0.2, 0) is 27.5 Å². The Morgan fingerprint density at radius 1 is 1.26 bits per heavy atom. The predicted molar refractivity (Wildman–Crippen MR) is 125 cm³/mol. The van der Waals surface area contributed by atoms with Crippen LogP contribution in [0.5, 0.6) is 0 Å². The summed E-state index contributed by atoms with van der Waals surface area (Å²) in [5, 5.41) is 5.65. The number of hydrogen-bond donors (Lipinski definition) is 1. The maximum absolute atomic E-state index is 12.4. The summed E-state index contributed by atoms with van der Waals surface area (Å²) < 4.78 is 26.0. The van der Waals surface area contributed by atoms with Gasteiger partial charge in [0.1, 0.15) is 5.01 Å². The molecule has 164 valence electrons. The molecule has 0 saturated carbocycles. The highest BCUT2D eigenvalue weighted by molar-refractivity contribution is 7.91. The molecule has 3 heterocycles. The molecule has 0 unspecified atom stereocenters. The van der Waals surface area contributed by atoms with E-state index < -0.39 is 9.84 Å². The van der Waals surface area contributed by atoms with Gasteiger partial charge in [-0.2, -0.15) is 0 Å². The van der Waals surface area contributed by atoms with Crippen LogP contribution in [0.2, 0.25) is 0 Å². The minimum atomic E-state index is -2.95. The molecule has 0 radical (unpaired) electrons. The number of carbonyl (C=O) groups is 1. The molecule has 8 heteroatoms. The zero-order chi connectivity index (χ0) is 22.2. The number of aryl methyl sites for hydroxylation is 2. The van der Waals surface area contributed by atoms with Crippen molar-refractivity contribution in [2.24, 2.45) is 0 Å². The molecule has 1 fully saturated rings. The van der Waals surface area contributed by atoms with Crippen LogP contribution in [0.25, 0.3) is 11.3 Å². The average molecular weight is 458 g/mol. The van der Waals surface area contributed by atoms with Gasteiger partial charge in [-0.25, -0.2) is 13.4 Å².